The average Bonchev–Trinajstić information content (AvgIpc) is 2.69. The minimum Gasteiger partial charge on any atom is -0.274 e. The van der Waals surface area contributed by atoms with Crippen LogP contribution in [0.25, 0.3) is 0 Å². The van der Waals surface area contributed by atoms with Gasteiger partial charge in [-0.3, -0.25) is 10.3 Å². The largest absolute Gasteiger partial charge is 0.274 e. The Labute approximate surface area is 168 Å². The summed E-state index contributed by atoms with van der Waals surface area (Å²) in [6.07, 6.45) is 0. The molecule has 0 atom stereocenters. The van der Waals surface area contributed by atoms with E-state index in [0.717, 1.165) is 26.2 Å². The van der Waals surface area contributed by atoms with Crippen molar-refractivity contribution < 1.29 is 8.42 Å². The molecule has 9 heteroatoms. The number of sulfonamides is 1. The summed E-state index contributed by atoms with van der Waals surface area (Å²) in [5.74, 6) is 0. The van der Waals surface area contributed by atoms with Crippen molar-refractivity contribution in [2.24, 2.45) is 15.4 Å². The van der Waals surface area contributed by atoms with Crippen LogP contribution in [-0.4, -0.2) is 15.1 Å². The van der Waals surface area contributed by atoms with Crippen molar-refractivity contribution in [2.45, 2.75) is 14.7 Å². The maximum atomic E-state index is 11.5. The van der Waals surface area contributed by atoms with Gasteiger partial charge in [0, 0.05) is 9.79 Å². The molecular formula is C18H18BN3O2S3. The number of benzene rings is 3. The quantitative estimate of drug-likeness (QED) is 0.405. The van der Waals surface area contributed by atoms with E-state index in [1.54, 1.807) is 12.1 Å². The maximum absolute atomic E-state index is 11.5. The van der Waals surface area contributed by atoms with Crippen molar-refractivity contribution >= 4 is 57.0 Å². The molecule has 0 radical (unpaired) electrons. The first-order valence-corrected chi connectivity index (χ1v) is 11.3. The molecule has 5 nitrogen and oxygen atoms in total. The molecule has 0 aromatic heterocycles. The Morgan fingerprint density at radius 1 is 0.630 bits per heavy atom. The summed E-state index contributed by atoms with van der Waals surface area (Å²) in [6.45, 7) is -0.0619. The summed E-state index contributed by atoms with van der Waals surface area (Å²) >= 11 is 2.39. The summed E-state index contributed by atoms with van der Waals surface area (Å²) in [7, 11) is -3.73. The molecule has 0 heterocycles. The number of primary sulfonamides is 1. The Hall–Kier alpha value is -1.75. The molecule has 0 aliphatic rings. The Kier molecular flexibility index (Phi) is 6.31. The van der Waals surface area contributed by atoms with Crippen LogP contribution in [0, 0.1) is 0 Å². The number of rotatable bonds is 6. The van der Waals surface area contributed by atoms with Gasteiger partial charge < -0.3 is 0 Å². The highest BCUT2D eigenvalue weighted by molar-refractivity contribution is 7.97. The Balaban J connectivity index is 2.08. The van der Waals surface area contributed by atoms with E-state index in [9.17, 15) is 8.42 Å². The van der Waals surface area contributed by atoms with E-state index in [4.69, 9.17) is 15.4 Å². The van der Waals surface area contributed by atoms with Crippen LogP contribution in [0.1, 0.15) is 0 Å². The van der Waals surface area contributed by atoms with Crippen LogP contribution >= 0.6 is 23.9 Å². The first-order valence-electron chi connectivity index (χ1n) is 7.98. The van der Waals surface area contributed by atoms with E-state index in [1.165, 1.54) is 36.0 Å². The van der Waals surface area contributed by atoms with Gasteiger partial charge in [0.2, 0.25) is 16.7 Å². The van der Waals surface area contributed by atoms with Gasteiger partial charge in [0.25, 0.3) is 0 Å². The van der Waals surface area contributed by atoms with E-state index >= 15 is 0 Å². The van der Waals surface area contributed by atoms with Gasteiger partial charge in [-0.2, -0.15) is 0 Å². The van der Waals surface area contributed by atoms with Gasteiger partial charge >= 0.3 is 0 Å². The zero-order valence-electron chi connectivity index (χ0n) is 14.3. The topological polar surface area (TPSA) is 112 Å². The normalized spacial score (nSPS) is 11.4. The van der Waals surface area contributed by atoms with Crippen molar-refractivity contribution in [1.29, 1.82) is 0 Å². The summed E-state index contributed by atoms with van der Waals surface area (Å²) in [6, 6.07) is 22.6. The molecule has 27 heavy (non-hydrogen) atoms. The second-order valence-corrected chi connectivity index (χ2v) is 8.90. The lowest BCUT2D eigenvalue weighted by atomic mass is 9.37. The minimum atomic E-state index is -3.73. The van der Waals surface area contributed by atoms with E-state index in [2.05, 4.69) is 0 Å². The number of hydrogen-bond acceptors (Lipinski definition) is 6. The molecule has 0 aliphatic carbocycles. The fraction of sp³-hybridized carbons (Fsp3) is 0. The van der Waals surface area contributed by atoms with Gasteiger partial charge in [-0.1, -0.05) is 52.8 Å². The van der Waals surface area contributed by atoms with Gasteiger partial charge in [0.15, 0.2) is 0 Å². The minimum absolute atomic E-state index is 0.0619. The fourth-order valence-electron chi connectivity index (χ4n) is 2.90. The number of nitrogens with two attached hydrogens (primary N) is 3. The van der Waals surface area contributed by atoms with Crippen LogP contribution in [0.15, 0.2) is 87.5 Å². The molecule has 0 bridgehead atoms. The van der Waals surface area contributed by atoms with Crippen LogP contribution in [0.4, 0.5) is 0 Å². The molecule has 3 aromatic rings. The molecule has 138 valence electrons. The molecular weight excluding hydrogens is 397 g/mol. The molecule has 6 N–H and O–H groups in total. The van der Waals surface area contributed by atoms with Crippen molar-refractivity contribution in [3.63, 3.8) is 0 Å². The third-order valence-electron chi connectivity index (χ3n) is 4.24. The summed E-state index contributed by atoms with van der Waals surface area (Å²) < 4.78 is 23.1. The Morgan fingerprint density at radius 3 is 1.26 bits per heavy atom. The highest BCUT2D eigenvalue weighted by Crippen LogP contribution is 2.11. The monoisotopic (exact) mass is 415 g/mol. The second-order valence-electron chi connectivity index (χ2n) is 5.92. The highest BCUT2D eigenvalue weighted by atomic mass is 32.2. The highest BCUT2D eigenvalue weighted by Gasteiger charge is 2.22. The van der Waals surface area contributed by atoms with Crippen LogP contribution in [-0.2, 0) is 10.0 Å². The van der Waals surface area contributed by atoms with Crippen molar-refractivity contribution in [2.75, 3.05) is 0 Å². The molecule has 0 aliphatic heterocycles. The van der Waals surface area contributed by atoms with E-state index in [1.807, 2.05) is 48.5 Å². The predicted octanol–water partition coefficient (Wildman–Crippen LogP) is 0.782. The van der Waals surface area contributed by atoms with Crippen molar-refractivity contribution in [3.05, 3.63) is 72.8 Å². The van der Waals surface area contributed by atoms with Crippen molar-refractivity contribution in [1.82, 2.24) is 0 Å². The zero-order valence-corrected chi connectivity index (χ0v) is 16.7. The first kappa shape index (κ1) is 20.0. The summed E-state index contributed by atoms with van der Waals surface area (Å²) in [4.78, 5) is 2.03. The zero-order chi connectivity index (χ0) is 19.4. The third kappa shape index (κ3) is 4.76. The lowest BCUT2D eigenvalue weighted by Crippen LogP contribution is -2.51. The fourth-order valence-corrected chi connectivity index (χ4v) is 4.01. The van der Waals surface area contributed by atoms with Crippen molar-refractivity contribution in [3.8, 4) is 0 Å². The predicted molar refractivity (Wildman–Crippen MR) is 115 cm³/mol. The first-order chi connectivity index (χ1) is 12.9. The third-order valence-corrected chi connectivity index (χ3v) is 6.26. The molecule has 0 unspecified atom stereocenters. The van der Waals surface area contributed by atoms with Gasteiger partial charge in [-0.05, 0) is 60.3 Å². The second kappa shape index (κ2) is 8.51. The molecule has 0 saturated heterocycles. The van der Waals surface area contributed by atoms with Gasteiger partial charge in [-0.25, -0.2) is 13.6 Å². The smallest absolute Gasteiger partial charge is 0.241 e. The van der Waals surface area contributed by atoms with E-state index in [-0.39, 0.29) is 11.6 Å². The van der Waals surface area contributed by atoms with Gasteiger partial charge in [-0.15, -0.1) is 0 Å². The average molecular weight is 415 g/mol. The Bertz CT molecular complexity index is 962. The SMILES string of the molecule is NSc1ccc(B(c2ccc(SN)cc2)c2ccc(S(N)(=O)=O)cc2)cc1. The van der Waals surface area contributed by atoms with Gasteiger partial charge in [0.05, 0.1) is 4.90 Å². The molecule has 0 amide bonds. The molecule has 0 spiro atoms. The van der Waals surface area contributed by atoms with Gasteiger partial charge in [0.1, 0.15) is 0 Å². The van der Waals surface area contributed by atoms with Crippen LogP contribution in [0.2, 0.25) is 0 Å². The standard InChI is InChI=1S/C18H18BN3O2S3/c20-25-16-7-1-13(2-8-16)19(14-3-9-17(26-21)10-4-14)15-5-11-18(12-6-15)27(22,23)24/h1-12H,20-21H2,(H2,22,23,24). The maximum Gasteiger partial charge on any atom is 0.241 e. The Morgan fingerprint density at radius 2 is 0.963 bits per heavy atom. The molecule has 3 rings (SSSR count). The summed E-state index contributed by atoms with van der Waals surface area (Å²) in [5, 5.41) is 16.5. The van der Waals surface area contributed by atoms with E-state index in [0.29, 0.717) is 0 Å². The molecule has 0 saturated carbocycles. The number of hydrogen-bond donors (Lipinski definition) is 3. The van der Waals surface area contributed by atoms with Crippen LogP contribution in [0.3, 0.4) is 0 Å². The molecule has 0 fully saturated rings. The van der Waals surface area contributed by atoms with E-state index < -0.39 is 10.0 Å². The summed E-state index contributed by atoms with van der Waals surface area (Å²) in [5.41, 5.74) is 3.11. The van der Waals surface area contributed by atoms with Crippen LogP contribution < -0.4 is 31.8 Å². The van der Waals surface area contributed by atoms with Crippen LogP contribution in [0.5, 0.6) is 0 Å². The molecule has 3 aromatic carbocycles. The lowest BCUT2D eigenvalue weighted by Gasteiger charge is -2.16. The lowest BCUT2D eigenvalue weighted by molar-refractivity contribution is 0.598.